The van der Waals surface area contributed by atoms with Gasteiger partial charge in [0, 0.05) is 12.8 Å². The first-order chi connectivity index (χ1) is 13.6. The van der Waals surface area contributed by atoms with Gasteiger partial charge in [-0.1, -0.05) is 0 Å². The quantitative estimate of drug-likeness (QED) is 0.177. The highest BCUT2D eigenvalue weighted by Gasteiger charge is 2.60. The molecule has 0 aromatic carbocycles. The molecule has 12 nitrogen and oxygen atoms in total. The Bertz CT molecular complexity index is 653. The second-order valence-corrected chi connectivity index (χ2v) is 7.20. The molecule has 1 fully saturated rings. The fourth-order valence-electron chi connectivity index (χ4n) is 2.72. The number of alkyl halides is 2. The number of carboxylic acids is 1. The number of carbonyl (C=O) groups excluding carboxylic acids is 2. The number of nitrogens with one attached hydrogen (secondary N) is 2. The van der Waals surface area contributed by atoms with Crippen LogP contribution < -0.4 is 16.4 Å². The highest BCUT2D eigenvalue weighted by Crippen LogP contribution is 2.41. The zero-order valence-electron chi connectivity index (χ0n) is 16.3. The van der Waals surface area contributed by atoms with E-state index in [1.807, 2.05) is 5.32 Å². The predicted molar refractivity (Wildman–Crippen MR) is 93.9 cm³/mol. The fourth-order valence-corrected chi connectivity index (χ4v) is 2.72. The molecular weight excluding hydrogens is 416 g/mol. The molecule has 0 bridgehead atoms. The van der Waals surface area contributed by atoms with Gasteiger partial charge in [-0.2, -0.15) is 0 Å². The number of ether oxygens (including phenoxy) is 1. The van der Waals surface area contributed by atoms with Crippen LogP contribution in [0.4, 0.5) is 8.78 Å². The number of amides is 2. The summed E-state index contributed by atoms with van der Waals surface area (Å²) in [4.78, 5) is 34.6. The molecule has 7 atom stereocenters. The minimum Gasteiger partial charge on any atom is -0.480 e. The predicted octanol–water partition coefficient (Wildman–Crippen LogP) is -3.38. The minimum atomic E-state index is -4.19. The monoisotopic (exact) mass is 443 g/mol. The number of rotatable bonds is 9. The molecule has 174 valence electrons. The van der Waals surface area contributed by atoms with Crippen molar-refractivity contribution in [2.75, 3.05) is 6.61 Å². The van der Waals surface area contributed by atoms with E-state index in [1.54, 1.807) is 0 Å². The van der Waals surface area contributed by atoms with Gasteiger partial charge in [0.05, 0.1) is 18.8 Å². The molecule has 1 saturated heterocycles. The van der Waals surface area contributed by atoms with E-state index in [2.05, 4.69) is 10.1 Å². The summed E-state index contributed by atoms with van der Waals surface area (Å²) in [5.74, 6) is -10.9. The average Bonchev–Trinajstić information content (AvgIpc) is 2.63. The maximum atomic E-state index is 14.6. The van der Waals surface area contributed by atoms with E-state index in [1.165, 1.54) is 13.8 Å². The lowest BCUT2D eigenvalue weighted by Crippen LogP contribution is -2.64. The summed E-state index contributed by atoms with van der Waals surface area (Å²) in [6.07, 6.45) is -7.82. The molecule has 30 heavy (non-hydrogen) atoms. The van der Waals surface area contributed by atoms with Gasteiger partial charge in [-0.15, -0.1) is 0 Å². The zero-order chi connectivity index (χ0) is 23.4. The van der Waals surface area contributed by atoms with Gasteiger partial charge < -0.3 is 46.6 Å². The Morgan fingerprint density at radius 3 is 2.23 bits per heavy atom. The number of aliphatic hydroxyl groups excluding tert-OH is 3. The van der Waals surface area contributed by atoms with E-state index < -0.39 is 85.4 Å². The molecule has 0 aromatic rings. The van der Waals surface area contributed by atoms with Crippen LogP contribution >= 0.6 is 0 Å². The van der Waals surface area contributed by atoms with Gasteiger partial charge in [0.1, 0.15) is 24.3 Å². The Labute approximate surface area is 170 Å². The molecule has 9 N–H and O–H groups in total. The van der Waals surface area contributed by atoms with Gasteiger partial charge in [0.25, 0.3) is 0 Å². The minimum absolute atomic E-state index is 0.894. The topological polar surface area (TPSA) is 212 Å². The third-order valence-electron chi connectivity index (χ3n) is 4.65. The molecule has 0 spiro atoms. The van der Waals surface area contributed by atoms with Crippen molar-refractivity contribution in [2.45, 2.75) is 74.8 Å². The number of carbonyl (C=O) groups is 3. The maximum Gasteiger partial charge on any atom is 0.325 e. The van der Waals surface area contributed by atoms with Crippen molar-refractivity contribution in [3.05, 3.63) is 0 Å². The summed E-state index contributed by atoms with van der Waals surface area (Å²) in [5.41, 5.74) is 5.45. The number of hydrogen-bond acceptors (Lipinski definition) is 9. The summed E-state index contributed by atoms with van der Waals surface area (Å²) in [5, 5.41) is 51.4. The Kier molecular flexibility index (Phi) is 8.59. The molecule has 2 amide bonds. The van der Waals surface area contributed by atoms with Crippen LogP contribution in [0.2, 0.25) is 0 Å². The SMILES string of the molecule is C[C@H](NC(=O)[C@H](C)NC(=O)C(N)CC(F)(F)[C@@]1(O)C[C@@H](O)[C@@H](O)[C@@H](CO)O1)C(=O)O. The summed E-state index contributed by atoms with van der Waals surface area (Å²) in [6, 6.07) is -4.49. The standard InChI is InChI=1S/C16H27F2N3O9/c1-6(12(25)21-7(2)14(27)28)20-13(26)8(19)3-15(17,18)16(29)4-9(23)11(24)10(5-22)30-16/h6-11,22-24,29H,3-5,19H2,1-2H3,(H,20,26)(H,21,25)(H,27,28)/t6-,7-,8?,9+,10+,11+,16+/m0/s1. The van der Waals surface area contributed by atoms with Gasteiger partial charge in [0.15, 0.2) is 0 Å². The van der Waals surface area contributed by atoms with Gasteiger partial charge in [-0.3, -0.25) is 14.4 Å². The molecule has 1 unspecified atom stereocenters. The number of nitrogens with two attached hydrogens (primary N) is 1. The lowest BCUT2D eigenvalue weighted by Gasteiger charge is -2.45. The van der Waals surface area contributed by atoms with E-state index >= 15 is 0 Å². The molecular formula is C16H27F2N3O9. The van der Waals surface area contributed by atoms with Crippen LogP contribution in [0.5, 0.6) is 0 Å². The molecule has 1 heterocycles. The van der Waals surface area contributed by atoms with Crippen molar-refractivity contribution >= 4 is 17.8 Å². The summed E-state index contributed by atoms with van der Waals surface area (Å²) < 4.78 is 33.9. The Balaban J connectivity index is 2.77. The molecule has 1 rings (SSSR count). The highest BCUT2D eigenvalue weighted by molar-refractivity contribution is 5.91. The van der Waals surface area contributed by atoms with Crippen LogP contribution in [0, 0.1) is 0 Å². The third kappa shape index (κ3) is 6.02. The largest absolute Gasteiger partial charge is 0.480 e. The van der Waals surface area contributed by atoms with Crippen LogP contribution in [-0.2, 0) is 19.1 Å². The van der Waals surface area contributed by atoms with Gasteiger partial charge >= 0.3 is 11.9 Å². The number of aliphatic carboxylic acids is 1. The van der Waals surface area contributed by atoms with Gasteiger partial charge in [0.2, 0.25) is 17.6 Å². The third-order valence-corrected chi connectivity index (χ3v) is 4.65. The molecule has 1 aliphatic rings. The summed E-state index contributed by atoms with van der Waals surface area (Å²) >= 11 is 0. The molecule has 0 aromatic heterocycles. The first-order valence-electron chi connectivity index (χ1n) is 8.99. The van der Waals surface area contributed by atoms with Gasteiger partial charge in [-0.05, 0) is 13.8 Å². The summed E-state index contributed by atoms with van der Waals surface area (Å²) in [6.45, 7) is 1.38. The van der Waals surface area contributed by atoms with E-state index in [4.69, 9.17) is 15.9 Å². The average molecular weight is 443 g/mol. The van der Waals surface area contributed by atoms with E-state index in [0.29, 0.717) is 0 Å². The van der Waals surface area contributed by atoms with Gasteiger partial charge in [-0.25, -0.2) is 8.78 Å². The van der Waals surface area contributed by atoms with Crippen LogP contribution in [0.3, 0.4) is 0 Å². The van der Waals surface area contributed by atoms with Crippen LogP contribution in [-0.4, -0.2) is 98.1 Å². The van der Waals surface area contributed by atoms with Crippen molar-refractivity contribution in [3.8, 4) is 0 Å². The Hall–Kier alpha value is -1.97. The molecule has 1 aliphatic heterocycles. The number of aliphatic hydroxyl groups is 4. The first kappa shape index (κ1) is 26.1. The molecule has 14 heteroatoms. The lowest BCUT2D eigenvalue weighted by molar-refractivity contribution is -0.378. The molecule has 0 saturated carbocycles. The van der Waals surface area contributed by atoms with E-state index in [0.717, 1.165) is 0 Å². The zero-order valence-corrected chi connectivity index (χ0v) is 16.3. The molecule has 0 aliphatic carbocycles. The van der Waals surface area contributed by atoms with Crippen molar-refractivity contribution in [1.82, 2.24) is 10.6 Å². The Morgan fingerprint density at radius 1 is 1.20 bits per heavy atom. The Morgan fingerprint density at radius 2 is 1.73 bits per heavy atom. The maximum absolute atomic E-state index is 14.6. The van der Waals surface area contributed by atoms with Crippen molar-refractivity contribution in [1.29, 1.82) is 0 Å². The number of halogens is 2. The fraction of sp³-hybridized carbons (Fsp3) is 0.812. The van der Waals surface area contributed by atoms with Crippen molar-refractivity contribution in [3.63, 3.8) is 0 Å². The van der Waals surface area contributed by atoms with Crippen LogP contribution in [0.15, 0.2) is 0 Å². The van der Waals surface area contributed by atoms with Crippen molar-refractivity contribution in [2.24, 2.45) is 5.73 Å². The highest BCUT2D eigenvalue weighted by atomic mass is 19.3. The lowest BCUT2D eigenvalue weighted by atomic mass is 9.89. The second-order valence-electron chi connectivity index (χ2n) is 7.20. The number of hydrogen-bond donors (Lipinski definition) is 8. The smallest absolute Gasteiger partial charge is 0.325 e. The summed E-state index contributed by atoms with van der Waals surface area (Å²) in [7, 11) is 0. The van der Waals surface area contributed by atoms with Crippen LogP contribution in [0.1, 0.15) is 26.7 Å². The second kappa shape index (κ2) is 9.89. The van der Waals surface area contributed by atoms with Crippen LogP contribution in [0.25, 0.3) is 0 Å². The first-order valence-corrected chi connectivity index (χ1v) is 8.99. The van der Waals surface area contributed by atoms with E-state index in [9.17, 15) is 38.5 Å². The normalized spacial score (nSPS) is 30.1. The molecule has 0 radical (unpaired) electrons. The van der Waals surface area contributed by atoms with Crippen molar-refractivity contribution < 1.29 is 53.4 Å². The number of carboxylic acid groups (broad SMARTS) is 1. The van der Waals surface area contributed by atoms with E-state index in [-0.39, 0.29) is 0 Å².